The Morgan fingerprint density at radius 2 is 1.69 bits per heavy atom. The van der Waals surface area contributed by atoms with E-state index >= 15 is 0 Å². The number of rotatable bonds is 14. The molecule has 0 aliphatic heterocycles. The Morgan fingerprint density at radius 1 is 0.952 bits per heavy atom. The van der Waals surface area contributed by atoms with Gasteiger partial charge in [0.25, 0.3) is 0 Å². The number of anilines is 1. The van der Waals surface area contributed by atoms with Crippen molar-refractivity contribution in [3.63, 3.8) is 0 Å². The van der Waals surface area contributed by atoms with E-state index < -0.39 is 5.97 Å². The summed E-state index contributed by atoms with van der Waals surface area (Å²) in [5.41, 5.74) is 5.17. The Bertz CT molecular complexity index is 1380. The molecule has 5 rings (SSSR count). The van der Waals surface area contributed by atoms with Gasteiger partial charge in [0.1, 0.15) is 12.4 Å². The number of hydrogen-bond acceptors (Lipinski definition) is 5. The smallest absolute Gasteiger partial charge is 0.317 e. The Kier molecular flexibility index (Phi) is 10.7. The fourth-order valence-electron chi connectivity index (χ4n) is 5.83. The Hall–Kier alpha value is -3.61. The summed E-state index contributed by atoms with van der Waals surface area (Å²) in [6, 6.07) is 32.1. The zero-order valence-corrected chi connectivity index (χ0v) is 25.3. The van der Waals surface area contributed by atoms with Gasteiger partial charge in [0.2, 0.25) is 0 Å². The van der Waals surface area contributed by atoms with E-state index in [1.54, 1.807) is 11.3 Å². The summed E-state index contributed by atoms with van der Waals surface area (Å²) < 4.78 is 5.79. The van der Waals surface area contributed by atoms with Crippen molar-refractivity contribution in [1.82, 2.24) is 4.90 Å². The van der Waals surface area contributed by atoms with E-state index in [1.165, 1.54) is 53.7 Å². The van der Waals surface area contributed by atoms with E-state index in [2.05, 4.69) is 72.9 Å². The van der Waals surface area contributed by atoms with Gasteiger partial charge in [-0.25, -0.2) is 0 Å². The van der Waals surface area contributed by atoms with Gasteiger partial charge in [-0.1, -0.05) is 73.9 Å². The topological polar surface area (TPSA) is 61.8 Å². The SMILES string of the molecule is CC(Cc1ccc(C2CCCCC2)cc1)Nc1ccc(-c2ccc(CN(CCOc3ccccc3)CC(=O)O)s2)cc1. The third kappa shape index (κ3) is 8.94. The highest BCUT2D eigenvalue weighted by molar-refractivity contribution is 7.15. The van der Waals surface area contributed by atoms with Gasteiger partial charge in [0.15, 0.2) is 0 Å². The second-order valence-electron chi connectivity index (χ2n) is 11.4. The molecule has 4 aromatic rings. The van der Waals surface area contributed by atoms with Crippen molar-refractivity contribution in [2.24, 2.45) is 0 Å². The molecular weight excluding hydrogens is 540 g/mol. The molecule has 6 heteroatoms. The molecule has 1 heterocycles. The Balaban J connectivity index is 1.11. The number of carboxylic acid groups (broad SMARTS) is 1. The molecule has 0 amide bonds. The van der Waals surface area contributed by atoms with Gasteiger partial charge in [-0.05, 0) is 85.2 Å². The molecule has 0 radical (unpaired) electrons. The zero-order chi connectivity index (χ0) is 29.1. The molecule has 3 aromatic carbocycles. The lowest BCUT2D eigenvalue weighted by Gasteiger charge is -2.22. The van der Waals surface area contributed by atoms with Crippen LogP contribution in [0.4, 0.5) is 5.69 Å². The predicted octanol–water partition coefficient (Wildman–Crippen LogP) is 8.47. The largest absolute Gasteiger partial charge is 0.492 e. The van der Waals surface area contributed by atoms with Crippen molar-refractivity contribution in [2.75, 3.05) is 25.0 Å². The normalized spacial score (nSPS) is 14.5. The van der Waals surface area contributed by atoms with Gasteiger partial charge in [-0.15, -0.1) is 11.3 Å². The maximum atomic E-state index is 11.5. The number of nitrogens with one attached hydrogen (secondary N) is 1. The summed E-state index contributed by atoms with van der Waals surface area (Å²) in [5, 5.41) is 13.1. The van der Waals surface area contributed by atoms with E-state index in [0.29, 0.717) is 25.7 Å². The highest BCUT2D eigenvalue weighted by atomic mass is 32.1. The summed E-state index contributed by atoms with van der Waals surface area (Å²) in [6.07, 6.45) is 7.81. The minimum absolute atomic E-state index is 0.0192. The van der Waals surface area contributed by atoms with Crippen LogP contribution in [-0.4, -0.2) is 41.7 Å². The van der Waals surface area contributed by atoms with Crippen LogP contribution in [0.25, 0.3) is 10.4 Å². The standard InChI is InChI=1S/C36H42N2O3S/c1-27(24-28-12-14-30(15-13-28)29-8-4-2-5-9-29)37-32-18-16-31(17-19-32)35-21-20-34(42-35)25-38(26-36(39)40)22-23-41-33-10-6-3-7-11-33/h3,6-7,10-21,27,29,37H,2,4-5,8-9,22-26H2,1H3,(H,39,40). The van der Waals surface area contributed by atoms with Gasteiger partial charge in [-0.3, -0.25) is 9.69 Å². The molecular formula is C36H42N2O3S. The summed E-state index contributed by atoms with van der Waals surface area (Å²) >= 11 is 1.71. The first kappa shape index (κ1) is 29.9. The number of carboxylic acids is 1. The van der Waals surface area contributed by atoms with Gasteiger partial charge in [-0.2, -0.15) is 0 Å². The van der Waals surface area contributed by atoms with Gasteiger partial charge in [0.05, 0.1) is 6.54 Å². The highest BCUT2D eigenvalue weighted by Crippen LogP contribution is 2.33. The second kappa shape index (κ2) is 15.0. The van der Waals surface area contributed by atoms with Crippen LogP contribution in [0.5, 0.6) is 5.75 Å². The molecule has 0 spiro atoms. The van der Waals surface area contributed by atoms with Crippen LogP contribution in [0.3, 0.4) is 0 Å². The third-order valence-electron chi connectivity index (χ3n) is 8.00. The maximum absolute atomic E-state index is 11.5. The third-order valence-corrected chi connectivity index (χ3v) is 9.12. The second-order valence-corrected chi connectivity index (χ2v) is 12.6. The minimum Gasteiger partial charge on any atom is -0.492 e. The first-order valence-corrected chi connectivity index (χ1v) is 16.0. The van der Waals surface area contributed by atoms with Gasteiger partial charge >= 0.3 is 5.97 Å². The van der Waals surface area contributed by atoms with Crippen molar-refractivity contribution in [2.45, 2.75) is 64.0 Å². The van der Waals surface area contributed by atoms with E-state index in [0.717, 1.165) is 28.7 Å². The number of benzene rings is 3. The molecule has 1 fully saturated rings. The van der Waals surface area contributed by atoms with Crippen molar-refractivity contribution in [1.29, 1.82) is 0 Å². The predicted molar refractivity (Wildman–Crippen MR) is 174 cm³/mol. The quantitative estimate of drug-likeness (QED) is 0.156. The molecule has 1 aliphatic carbocycles. The van der Waals surface area contributed by atoms with Gasteiger partial charge in [0, 0.05) is 34.6 Å². The van der Waals surface area contributed by atoms with Crippen LogP contribution in [-0.2, 0) is 17.8 Å². The van der Waals surface area contributed by atoms with Crippen molar-refractivity contribution < 1.29 is 14.6 Å². The van der Waals surface area contributed by atoms with Crippen molar-refractivity contribution in [3.05, 3.63) is 107 Å². The molecule has 1 aromatic heterocycles. The fourth-order valence-corrected chi connectivity index (χ4v) is 6.89. The van der Waals surface area contributed by atoms with Crippen LogP contribution >= 0.6 is 11.3 Å². The van der Waals surface area contributed by atoms with Crippen LogP contribution < -0.4 is 10.1 Å². The average molecular weight is 583 g/mol. The lowest BCUT2D eigenvalue weighted by atomic mass is 9.84. The molecule has 5 nitrogen and oxygen atoms in total. The minimum atomic E-state index is -0.833. The van der Waals surface area contributed by atoms with Crippen LogP contribution in [0, 0.1) is 0 Å². The molecule has 1 saturated carbocycles. The molecule has 1 aliphatic rings. The number of aliphatic carboxylic acids is 1. The van der Waals surface area contributed by atoms with Gasteiger partial charge < -0.3 is 15.2 Å². The molecule has 0 bridgehead atoms. The fraction of sp³-hybridized carbons (Fsp3) is 0.361. The molecule has 220 valence electrons. The monoisotopic (exact) mass is 582 g/mol. The Labute approximate surface area is 254 Å². The number of thiophene rings is 1. The average Bonchev–Trinajstić information content (AvgIpc) is 3.47. The molecule has 1 unspecified atom stereocenters. The van der Waals surface area contributed by atoms with Crippen molar-refractivity contribution in [3.8, 4) is 16.2 Å². The molecule has 0 saturated heterocycles. The van der Waals surface area contributed by atoms with E-state index in [-0.39, 0.29) is 6.54 Å². The lowest BCUT2D eigenvalue weighted by molar-refractivity contribution is -0.138. The van der Waals surface area contributed by atoms with E-state index in [4.69, 9.17) is 4.74 Å². The first-order valence-electron chi connectivity index (χ1n) is 15.2. The summed E-state index contributed by atoms with van der Waals surface area (Å²) in [4.78, 5) is 15.7. The molecule has 42 heavy (non-hydrogen) atoms. The summed E-state index contributed by atoms with van der Waals surface area (Å²) in [5.74, 6) is 0.715. The molecule has 2 N–H and O–H groups in total. The summed E-state index contributed by atoms with van der Waals surface area (Å²) in [6.45, 7) is 3.77. The first-order chi connectivity index (χ1) is 20.5. The number of nitrogens with zero attached hydrogens (tertiary/aromatic N) is 1. The van der Waals surface area contributed by atoms with Crippen molar-refractivity contribution >= 4 is 23.0 Å². The lowest BCUT2D eigenvalue weighted by Crippen LogP contribution is -2.32. The number of carbonyl (C=O) groups is 1. The van der Waals surface area contributed by atoms with E-state index in [9.17, 15) is 9.90 Å². The van der Waals surface area contributed by atoms with Crippen LogP contribution in [0.2, 0.25) is 0 Å². The summed E-state index contributed by atoms with van der Waals surface area (Å²) in [7, 11) is 0. The Morgan fingerprint density at radius 3 is 2.40 bits per heavy atom. The number of hydrogen-bond donors (Lipinski definition) is 2. The number of para-hydroxylation sites is 1. The number of ether oxygens (including phenoxy) is 1. The maximum Gasteiger partial charge on any atom is 0.317 e. The van der Waals surface area contributed by atoms with Crippen LogP contribution in [0.15, 0.2) is 91.0 Å². The van der Waals surface area contributed by atoms with E-state index in [1.807, 2.05) is 35.2 Å². The van der Waals surface area contributed by atoms with Crippen LogP contribution in [0.1, 0.15) is 60.9 Å². The highest BCUT2D eigenvalue weighted by Gasteiger charge is 2.16. The molecule has 1 atom stereocenters. The zero-order valence-electron chi connectivity index (χ0n) is 24.5.